The van der Waals surface area contributed by atoms with Crippen LogP contribution in [0.3, 0.4) is 0 Å². The Balaban J connectivity index is 2.14. The Hall–Kier alpha value is -1.71. The Labute approximate surface area is 112 Å². The molecular weight excluding hydrogens is 241 g/mol. The summed E-state index contributed by atoms with van der Waals surface area (Å²) in [5, 5.41) is 12.9. The highest BCUT2D eigenvalue weighted by Crippen LogP contribution is 2.21. The van der Waals surface area contributed by atoms with E-state index in [0.717, 1.165) is 11.1 Å². The molecule has 2 rings (SSSR count). The van der Waals surface area contributed by atoms with Crippen LogP contribution in [0, 0.1) is 5.82 Å². The summed E-state index contributed by atoms with van der Waals surface area (Å²) >= 11 is 0. The lowest BCUT2D eigenvalue weighted by molar-refractivity contribution is 0.173. The van der Waals surface area contributed by atoms with Gasteiger partial charge in [0, 0.05) is 6.54 Å². The Morgan fingerprint density at radius 3 is 2.47 bits per heavy atom. The summed E-state index contributed by atoms with van der Waals surface area (Å²) in [5.41, 5.74) is 1.21. The standard InChI is InChI=1S/C16H18FNO/c1-16(12-19,14-8-5-9-15(17)10-14)18-11-13-6-3-2-4-7-13/h2-10,18-19H,11-12H2,1H3. The van der Waals surface area contributed by atoms with Gasteiger partial charge in [-0.2, -0.15) is 0 Å². The van der Waals surface area contributed by atoms with Crippen LogP contribution in [-0.4, -0.2) is 11.7 Å². The molecule has 2 N–H and O–H groups in total. The Morgan fingerprint density at radius 2 is 1.84 bits per heavy atom. The predicted octanol–water partition coefficient (Wildman–Crippen LogP) is 2.82. The summed E-state index contributed by atoms with van der Waals surface area (Å²) in [4.78, 5) is 0. The molecule has 0 radical (unpaired) electrons. The molecule has 0 saturated carbocycles. The average molecular weight is 259 g/mol. The minimum Gasteiger partial charge on any atom is -0.394 e. The number of rotatable bonds is 5. The maximum Gasteiger partial charge on any atom is 0.123 e. The number of halogens is 1. The SMILES string of the molecule is CC(CO)(NCc1ccccc1)c1cccc(F)c1. The first-order valence-electron chi connectivity index (χ1n) is 6.30. The van der Waals surface area contributed by atoms with Crippen LogP contribution in [0.4, 0.5) is 4.39 Å². The van der Waals surface area contributed by atoms with Gasteiger partial charge in [-0.3, -0.25) is 0 Å². The molecule has 0 aromatic heterocycles. The maximum absolute atomic E-state index is 13.3. The van der Waals surface area contributed by atoms with Crippen LogP contribution in [0.15, 0.2) is 54.6 Å². The van der Waals surface area contributed by atoms with Crippen molar-refractivity contribution in [2.45, 2.75) is 19.0 Å². The quantitative estimate of drug-likeness (QED) is 0.865. The van der Waals surface area contributed by atoms with E-state index in [1.165, 1.54) is 12.1 Å². The number of aliphatic hydroxyl groups excluding tert-OH is 1. The van der Waals surface area contributed by atoms with Crippen molar-refractivity contribution in [2.24, 2.45) is 0 Å². The second-order valence-electron chi connectivity index (χ2n) is 4.84. The summed E-state index contributed by atoms with van der Waals surface area (Å²) in [6.07, 6.45) is 0. The van der Waals surface area contributed by atoms with Gasteiger partial charge in [0.05, 0.1) is 12.1 Å². The van der Waals surface area contributed by atoms with Crippen molar-refractivity contribution in [2.75, 3.05) is 6.61 Å². The van der Waals surface area contributed by atoms with Crippen LogP contribution in [0.1, 0.15) is 18.1 Å². The average Bonchev–Trinajstić information content (AvgIpc) is 2.46. The molecule has 1 unspecified atom stereocenters. The molecule has 0 aliphatic heterocycles. The fraction of sp³-hybridized carbons (Fsp3) is 0.250. The fourth-order valence-electron chi connectivity index (χ4n) is 1.97. The van der Waals surface area contributed by atoms with Crippen LogP contribution < -0.4 is 5.32 Å². The smallest absolute Gasteiger partial charge is 0.123 e. The summed E-state index contributed by atoms with van der Waals surface area (Å²) < 4.78 is 13.3. The lowest BCUT2D eigenvalue weighted by Crippen LogP contribution is -2.42. The predicted molar refractivity (Wildman–Crippen MR) is 74.1 cm³/mol. The van der Waals surface area contributed by atoms with Crippen molar-refractivity contribution in [1.29, 1.82) is 0 Å². The molecule has 0 saturated heterocycles. The van der Waals surface area contributed by atoms with Crippen LogP contribution in [0.25, 0.3) is 0 Å². The van der Waals surface area contributed by atoms with Gasteiger partial charge in [-0.05, 0) is 30.2 Å². The number of hydrogen-bond acceptors (Lipinski definition) is 2. The van der Waals surface area contributed by atoms with Gasteiger partial charge < -0.3 is 10.4 Å². The fourth-order valence-corrected chi connectivity index (χ4v) is 1.97. The van der Waals surface area contributed by atoms with Crippen molar-refractivity contribution in [1.82, 2.24) is 5.32 Å². The van der Waals surface area contributed by atoms with Gasteiger partial charge in [0.15, 0.2) is 0 Å². The zero-order valence-electron chi connectivity index (χ0n) is 10.9. The molecule has 1 atom stereocenters. The van der Waals surface area contributed by atoms with Crippen LogP contribution in [0.5, 0.6) is 0 Å². The highest BCUT2D eigenvalue weighted by atomic mass is 19.1. The van der Waals surface area contributed by atoms with E-state index in [2.05, 4.69) is 5.32 Å². The summed E-state index contributed by atoms with van der Waals surface area (Å²) in [6, 6.07) is 16.2. The van der Waals surface area contributed by atoms with Gasteiger partial charge in [-0.15, -0.1) is 0 Å². The van der Waals surface area contributed by atoms with E-state index in [1.807, 2.05) is 43.3 Å². The van der Waals surface area contributed by atoms with E-state index in [0.29, 0.717) is 6.54 Å². The van der Waals surface area contributed by atoms with E-state index < -0.39 is 5.54 Å². The van der Waals surface area contributed by atoms with Crippen LogP contribution in [0.2, 0.25) is 0 Å². The van der Waals surface area contributed by atoms with E-state index in [4.69, 9.17) is 0 Å². The molecule has 0 fully saturated rings. The minimum absolute atomic E-state index is 0.0940. The monoisotopic (exact) mass is 259 g/mol. The first-order valence-corrected chi connectivity index (χ1v) is 6.30. The van der Waals surface area contributed by atoms with Crippen molar-refractivity contribution >= 4 is 0 Å². The van der Waals surface area contributed by atoms with Gasteiger partial charge in [-0.1, -0.05) is 42.5 Å². The van der Waals surface area contributed by atoms with Gasteiger partial charge in [0.1, 0.15) is 5.82 Å². The van der Waals surface area contributed by atoms with E-state index in [1.54, 1.807) is 6.07 Å². The van der Waals surface area contributed by atoms with E-state index >= 15 is 0 Å². The zero-order chi connectivity index (χ0) is 13.7. The zero-order valence-corrected chi connectivity index (χ0v) is 10.9. The first-order chi connectivity index (χ1) is 9.14. The molecule has 3 heteroatoms. The molecule has 2 aromatic carbocycles. The van der Waals surface area contributed by atoms with Gasteiger partial charge in [-0.25, -0.2) is 4.39 Å². The number of hydrogen-bond donors (Lipinski definition) is 2. The second kappa shape index (κ2) is 5.95. The molecule has 0 bridgehead atoms. The second-order valence-corrected chi connectivity index (χ2v) is 4.84. The molecule has 0 aliphatic carbocycles. The van der Waals surface area contributed by atoms with Crippen LogP contribution >= 0.6 is 0 Å². The number of benzene rings is 2. The van der Waals surface area contributed by atoms with Crippen molar-refractivity contribution in [3.8, 4) is 0 Å². The molecule has 0 spiro atoms. The van der Waals surface area contributed by atoms with Gasteiger partial charge >= 0.3 is 0 Å². The summed E-state index contributed by atoms with van der Waals surface area (Å²) in [6.45, 7) is 2.39. The summed E-state index contributed by atoms with van der Waals surface area (Å²) in [7, 11) is 0. The number of aliphatic hydroxyl groups is 1. The molecule has 19 heavy (non-hydrogen) atoms. The third-order valence-corrected chi connectivity index (χ3v) is 3.30. The van der Waals surface area contributed by atoms with Crippen molar-refractivity contribution in [3.05, 3.63) is 71.5 Å². The third-order valence-electron chi connectivity index (χ3n) is 3.30. The molecule has 0 amide bonds. The van der Waals surface area contributed by atoms with Crippen LogP contribution in [-0.2, 0) is 12.1 Å². The first kappa shape index (κ1) is 13.7. The highest BCUT2D eigenvalue weighted by Gasteiger charge is 2.25. The summed E-state index contributed by atoms with van der Waals surface area (Å²) in [5.74, 6) is -0.293. The molecular formula is C16H18FNO. The molecule has 2 nitrogen and oxygen atoms in total. The number of nitrogens with one attached hydrogen (secondary N) is 1. The van der Waals surface area contributed by atoms with Gasteiger partial charge in [0.25, 0.3) is 0 Å². The largest absolute Gasteiger partial charge is 0.394 e. The normalized spacial score (nSPS) is 14.1. The Kier molecular flexibility index (Phi) is 4.30. The Bertz CT molecular complexity index is 529. The van der Waals surface area contributed by atoms with E-state index in [9.17, 15) is 9.50 Å². The lowest BCUT2D eigenvalue weighted by Gasteiger charge is -2.29. The van der Waals surface area contributed by atoms with Gasteiger partial charge in [0.2, 0.25) is 0 Å². The highest BCUT2D eigenvalue weighted by molar-refractivity contribution is 5.25. The molecule has 2 aromatic rings. The lowest BCUT2D eigenvalue weighted by atomic mass is 9.92. The van der Waals surface area contributed by atoms with Crippen molar-refractivity contribution < 1.29 is 9.50 Å². The topological polar surface area (TPSA) is 32.3 Å². The minimum atomic E-state index is -0.655. The third kappa shape index (κ3) is 3.40. The molecule has 100 valence electrons. The Morgan fingerprint density at radius 1 is 1.11 bits per heavy atom. The van der Waals surface area contributed by atoms with Crippen molar-refractivity contribution in [3.63, 3.8) is 0 Å². The van der Waals surface area contributed by atoms with E-state index in [-0.39, 0.29) is 12.4 Å². The molecule has 0 aliphatic rings. The molecule has 0 heterocycles. The maximum atomic E-state index is 13.3.